The Hall–Kier alpha value is -3.43. The second-order valence-electron chi connectivity index (χ2n) is 14.2. The van der Waals surface area contributed by atoms with E-state index in [1.54, 1.807) is 25.3 Å². The Morgan fingerprint density at radius 2 is 1.82 bits per heavy atom. The van der Waals surface area contributed by atoms with Crippen LogP contribution >= 0.6 is 0 Å². The van der Waals surface area contributed by atoms with Crippen LogP contribution in [0.3, 0.4) is 0 Å². The molecule has 0 spiro atoms. The number of sulfonamides is 1. The fraction of sp³-hybridized carbons (Fsp3) is 0.600. The van der Waals surface area contributed by atoms with E-state index in [2.05, 4.69) is 15.6 Å². The van der Waals surface area contributed by atoms with E-state index in [1.807, 2.05) is 26.0 Å². The summed E-state index contributed by atoms with van der Waals surface area (Å²) in [5.41, 5.74) is 1.73. The van der Waals surface area contributed by atoms with Gasteiger partial charge in [0, 0.05) is 43.0 Å². The average molecular weight is 699 g/mol. The minimum Gasteiger partial charge on any atom is -0.497 e. The highest BCUT2D eigenvalue weighted by molar-refractivity contribution is 7.89. The first-order valence-corrected chi connectivity index (χ1v) is 18.7. The Morgan fingerprint density at radius 3 is 2.55 bits per heavy atom. The molecule has 2 aromatic carbocycles. The third-order valence-corrected chi connectivity index (χ3v) is 11.9. The van der Waals surface area contributed by atoms with Crippen molar-refractivity contribution in [1.82, 2.24) is 14.6 Å². The lowest BCUT2D eigenvalue weighted by Crippen LogP contribution is -2.52. The SMILES string of the molecule is COc1ccc(C[C@H](NC(=O)OC2C3CCC4C(OC3)OCC42)[C@H](O)CN(CC(C)C)S(=O)(=O)c2ccc3nc(NC4CC4)oc3c2)cc1. The minimum absolute atomic E-state index is 0.0313. The lowest BCUT2D eigenvalue weighted by Gasteiger charge is -2.36. The highest BCUT2D eigenvalue weighted by Gasteiger charge is 2.52. The number of hydrogen-bond donors (Lipinski definition) is 3. The van der Waals surface area contributed by atoms with Crippen LogP contribution in [-0.2, 0) is 30.7 Å². The standard InChI is InChI=1S/C35H46N4O9S/c1-20(2)16-39(49(42,43)25-11-13-28-31(15-25)47-34(37-28)36-23-7-8-23)17-30(40)29(14-21-4-9-24(44-3)10-5-21)38-35(41)48-32-22-6-12-26-27(32)19-46-33(26)45-18-22/h4-5,9-11,13,15,20,22-23,26-27,29-30,32-33,40H,6-8,12,14,16-19H2,1-3H3,(H,36,37)(H,38,41)/t22?,26?,27?,29-,30+,32?,33?/m0/s1. The van der Waals surface area contributed by atoms with Crippen molar-refractivity contribution in [3.05, 3.63) is 48.0 Å². The maximum absolute atomic E-state index is 14.1. The number of aliphatic hydroxyl groups excluding tert-OH is 1. The summed E-state index contributed by atoms with van der Waals surface area (Å²) in [5.74, 6) is 0.929. The summed E-state index contributed by atoms with van der Waals surface area (Å²) < 4.78 is 58.5. The summed E-state index contributed by atoms with van der Waals surface area (Å²) >= 11 is 0. The molecule has 49 heavy (non-hydrogen) atoms. The molecule has 266 valence electrons. The van der Waals surface area contributed by atoms with Gasteiger partial charge >= 0.3 is 6.09 Å². The number of alkyl carbamates (subject to hydrolysis) is 1. The van der Waals surface area contributed by atoms with Crippen LogP contribution in [0.1, 0.15) is 45.1 Å². The summed E-state index contributed by atoms with van der Waals surface area (Å²) in [5, 5.41) is 17.9. The molecule has 5 unspecified atom stereocenters. The first-order valence-electron chi connectivity index (χ1n) is 17.3. The molecule has 0 radical (unpaired) electrons. The lowest BCUT2D eigenvalue weighted by molar-refractivity contribution is -0.135. The van der Waals surface area contributed by atoms with E-state index in [-0.39, 0.29) is 60.5 Å². The molecule has 5 aliphatic rings. The van der Waals surface area contributed by atoms with Crippen LogP contribution in [-0.4, -0.2) is 92.9 Å². The van der Waals surface area contributed by atoms with Crippen LogP contribution < -0.4 is 15.4 Å². The van der Waals surface area contributed by atoms with Gasteiger partial charge in [0.15, 0.2) is 11.9 Å². The Morgan fingerprint density at radius 1 is 1.04 bits per heavy atom. The molecule has 8 rings (SSSR count). The largest absolute Gasteiger partial charge is 0.497 e. The van der Waals surface area contributed by atoms with Crippen LogP contribution in [0.2, 0.25) is 0 Å². The number of benzene rings is 2. The molecule has 14 heteroatoms. The summed E-state index contributed by atoms with van der Waals surface area (Å²) in [7, 11) is -2.51. The molecular formula is C35H46N4O9S. The normalized spacial score (nSPS) is 26.1. The number of aromatic nitrogens is 1. The number of nitrogens with one attached hydrogen (secondary N) is 2. The number of fused-ring (bicyclic) bond motifs is 3. The van der Waals surface area contributed by atoms with Crippen molar-refractivity contribution >= 4 is 33.2 Å². The van der Waals surface area contributed by atoms with E-state index in [4.69, 9.17) is 23.4 Å². The molecule has 3 N–H and O–H groups in total. The predicted octanol–water partition coefficient (Wildman–Crippen LogP) is 4.15. The number of carbonyl (C=O) groups excluding carboxylic acids is 1. The third-order valence-electron chi connectivity index (χ3n) is 10.1. The molecule has 13 nitrogen and oxygen atoms in total. The number of anilines is 1. The van der Waals surface area contributed by atoms with Crippen LogP contribution in [0, 0.1) is 23.7 Å². The minimum atomic E-state index is -4.09. The molecule has 2 aliphatic carbocycles. The van der Waals surface area contributed by atoms with Crippen molar-refractivity contribution in [2.45, 2.75) is 81.4 Å². The van der Waals surface area contributed by atoms with Crippen molar-refractivity contribution < 1.29 is 41.7 Å². The zero-order chi connectivity index (χ0) is 34.3. The second kappa shape index (κ2) is 14.1. The molecule has 3 aromatic rings. The first-order chi connectivity index (χ1) is 23.6. The van der Waals surface area contributed by atoms with Crippen LogP contribution in [0.4, 0.5) is 10.8 Å². The predicted molar refractivity (Wildman–Crippen MR) is 180 cm³/mol. The molecular weight excluding hydrogens is 652 g/mol. The summed E-state index contributed by atoms with van der Waals surface area (Å²) in [6, 6.07) is 11.7. The molecule has 5 fully saturated rings. The van der Waals surface area contributed by atoms with E-state index in [0.29, 0.717) is 42.1 Å². The van der Waals surface area contributed by atoms with E-state index in [1.165, 1.54) is 16.4 Å². The molecule has 3 aliphatic heterocycles. The summed E-state index contributed by atoms with van der Waals surface area (Å²) in [4.78, 5) is 18.0. The average Bonchev–Trinajstić information content (AvgIpc) is 3.73. The molecule has 2 saturated carbocycles. The van der Waals surface area contributed by atoms with Crippen molar-refractivity contribution in [1.29, 1.82) is 0 Å². The fourth-order valence-electron chi connectivity index (χ4n) is 7.32. The number of oxazole rings is 1. The van der Waals surface area contributed by atoms with Crippen molar-refractivity contribution in [3.8, 4) is 5.75 Å². The Bertz CT molecular complexity index is 1730. The molecule has 4 heterocycles. The number of ether oxygens (including phenoxy) is 4. The highest BCUT2D eigenvalue weighted by Crippen LogP contribution is 2.46. The number of aliphatic hydroxyl groups is 1. The number of amides is 1. The van der Waals surface area contributed by atoms with Gasteiger partial charge in [-0.1, -0.05) is 26.0 Å². The fourth-order valence-corrected chi connectivity index (χ4v) is 8.95. The van der Waals surface area contributed by atoms with Crippen LogP contribution in [0.5, 0.6) is 5.75 Å². The van der Waals surface area contributed by atoms with Gasteiger partial charge in [-0.25, -0.2) is 13.2 Å². The van der Waals surface area contributed by atoms with Gasteiger partial charge in [-0.2, -0.15) is 9.29 Å². The number of nitrogens with zero attached hydrogens (tertiary/aromatic N) is 2. The third kappa shape index (κ3) is 7.53. The maximum Gasteiger partial charge on any atom is 0.407 e. The molecule has 4 bridgehead atoms. The highest BCUT2D eigenvalue weighted by atomic mass is 32.2. The first kappa shape index (κ1) is 34.0. The van der Waals surface area contributed by atoms with Gasteiger partial charge in [0.25, 0.3) is 6.01 Å². The maximum atomic E-state index is 14.1. The summed E-state index contributed by atoms with van der Waals surface area (Å²) in [6.07, 6.45) is 1.62. The molecule has 1 amide bonds. The van der Waals surface area contributed by atoms with Crippen molar-refractivity contribution in [2.75, 3.05) is 38.7 Å². The van der Waals surface area contributed by atoms with Crippen LogP contribution in [0.15, 0.2) is 51.8 Å². The smallest absolute Gasteiger partial charge is 0.407 e. The number of methoxy groups -OCH3 is 1. The monoisotopic (exact) mass is 698 g/mol. The van der Waals surface area contributed by atoms with E-state index in [9.17, 15) is 18.3 Å². The van der Waals surface area contributed by atoms with Crippen molar-refractivity contribution in [3.63, 3.8) is 0 Å². The topological polar surface area (TPSA) is 162 Å². The number of carbonyl (C=O) groups is 1. The zero-order valence-electron chi connectivity index (χ0n) is 28.1. The van der Waals surface area contributed by atoms with Crippen molar-refractivity contribution in [2.24, 2.45) is 23.7 Å². The van der Waals surface area contributed by atoms with Gasteiger partial charge in [0.1, 0.15) is 17.4 Å². The molecule has 1 aromatic heterocycles. The van der Waals surface area contributed by atoms with Gasteiger partial charge in [-0.3, -0.25) is 0 Å². The van der Waals surface area contributed by atoms with Gasteiger partial charge < -0.3 is 39.1 Å². The van der Waals surface area contributed by atoms with Gasteiger partial charge in [-0.15, -0.1) is 0 Å². The number of rotatable bonds is 14. The Kier molecular flexibility index (Phi) is 9.77. The van der Waals surface area contributed by atoms with E-state index in [0.717, 1.165) is 31.2 Å². The molecule has 3 saturated heterocycles. The van der Waals surface area contributed by atoms with E-state index < -0.39 is 28.3 Å². The quantitative estimate of drug-likeness (QED) is 0.222. The van der Waals surface area contributed by atoms with E-state index >= 15 is 0 Å². The zero-order valence-corrected chi connectivity index (χ0v) is 28.9. The van der Waals surface area contributed by atoms with Gasteiger partial charge in [0.2, 0.25) is 10.0 Å². The van der Waals surface area contributed by atoms with Crippen LogP contribution in [0.25, 0.3) is 11.1 Å². The summed E-state index contributed by atoms with van der Waals surface area (Å²) in [6.45, 7) is 4.66. The number of hydrogen-bond acceptors (Lipinski definition) is 11. The Labute approximate surface area is 286 Å². The van der Waals surface area contributed by atoms with Gasteiger partial charge in [-0.05, 0) is 67.9 Å². The molecule has 7 atom stereocenters. The second-order valence-corrected chi connectivity index (χ2v) is 16.2. The Balaban J connectivity index is 1.11. The van der Waals surface area contributed by atoms with Gasteiger partial charge in [0.05, 0.1) is 37.4 Å². The lowest BCUT2D eigenvalue weighted by atomic mass is 9.74.